The minimum atomic E-state index is -0.739. The van der Waals surface area contributed by atoms with Crippen molar-refractivity contribution in [3.63, 3.8) is 0 Å². The molecule has 2 aromatic carbocycles. The maximum atomic E-state index is 13.4. The van der Waals surface area contributed by atoms with Crippen LogP contribution in [0.1, 0.15) is 68.8 Å². The van der Waals surface area contributed by atoms with Gasteiger partial charge in [-0.25, -0.2) is 4.79 Å². The number of rotatable bonds is 10. The van der Waals surface area contributed by atoms with Crippen molar-refractivity contribution in [1.82, 2.24) is 15.1 Å². The maximum Gasteiger partial charge on any atom is 0.337 e. The molecule has 0 aliphatic carbocycles. The summed E-state index contributed by atoms with van der Waals surface area (Å²) in [6.45, 7) is 9.20. The van der Waals surface area contributed by atoms with Gasteiger partial charge in [-0.1, -0.05) is 39.3 Å². The second-order valence-electron chi connectivity index (χ2n) is 11.1. The summed E-state index contributed by atoms with van der Waals surface area (Å²) in [6, 6.07) is 14.4. The van der Waals surface area contributed by atoms with E-state index in [1.54, 1.807) is 24.3 Å². The summed E-state index contributed by atoms with van der Waals surface area (Å²) in [5.74, 6) is 1.41. The highest BCUT2D eigenvalue weighted by atomic mass is 16.5. The van der Waals surface area contributed by atoms with Crippen LogP contribution >= 0.6 is 0 Å². The third-order valence-electron chi connectivity index (χ3n) is 7.78. The number of piperidine rings is 1. The highest BCUT2D eigenvalue weighted by Crippen LogP contribution is 2.35. The van der Waals surface area contributed by atoms with E-state index in [0.29, 0.717) is 48.8 Å². The number of amides is 2. The quantitative estimate of drug-likeness (QED) is 0.441. The van der Waals surface area contributed by atoms with Gasteiger partial charge in [-0.05, 0) is 73.6 Å². The first-order chi connectivity index (χ1) is 18.8. The lowest BCUT2D eigenvalue weighted by atomic mass is 9.80. The Hall–Kier alpha value is -3.39. The van der Waals surface area contributed by atoms with Gasteiger partial charge in [0.25, 0.3) is 0 Å². The normalized spacial score (nSPS) is 19.3. The van der Waals surface area contributed by atoms with Gasteiger partial charge in [0.2, 0.25) is 11.8 Å². The van der Waals surface area contributed by atoms with E-state index in [1.807, 2.05) is 29.2 Å². The first kappa shape index (κ1) is 28.6. The zero-order valence-electron chi connectivity index (χ0n) is 23.6. The predicted molar refractivity (Wildman–Crippen MR) is 150 cm³/mol. The molecule has 0 bridgehead atoms. The summed E-state index contributed by atoms with van der Waals surface area (Å²) in [6.07, 6.45) is 3.86. The fourth-order valence-corrected chi connectivity index (χ4v) is 5.56. The largest absolute Gasteiger partial charge is 0.465 e. The molecule has 2 heterocycles. The Balaban J connectivity index is 1.35. The van der Waals surface area contributed by atoms with Crippen molar-refractivity contribution in [3.05, 3.63) is 59.7 Å². The monoisotopic (exact) mass is 535 g/mol. The molecule has 1 atom stereocenters. The minimum absolute atomic E-state index is 0.0182. The molecule has 2 fully saturated rings. The van der Waals surface area contributed by atoms with Gasteiger partial charge in [-0.15, -0.1) is 0 Å². The van der Waals surface area contributed by atoms with Crippen molar-refractivity contribution in [2.75, 3.05) is 26.7 Å². The fraction of sp³-hybridized carbons (Fsp3) is 0.516. The molecule has 0 saturated carbocycles. The number of benzene rings is 2. The number of ether oxygens (including phenoxy) is 2. The number of unbranched alkanes of at least 4 members (excludes halogenated alkanes) is 1. The molecule has 2 amide bonds. The number of likely N-dealkylation sites (tertiary alicyclic amines) is 1. The standard InChI is InChI=1S/C31H41N3O5/c1-5-6-17-34-28(35)27(20-22(2)3)32-30(37)31(34)15-18-33(19-16-31)21-23-7-11-25(12-8-23)39-26-13-9-24(10-14-26)29(36)38-4/h7-14,22,27H,5-6,15-21H2,1-4H3,(H,32,37)/t27-/m0/s1. The molecule has 2 aliphatic rings. The smallest absolute Gasteiger partial charge is 0.337 e. The molecule has 0 aromatic heterocycles. The van der Waals surface area contributed by atoms with Crippen molar-refractivity contribution in [1.29, 1.82) is 0 Å². The van der Waals surface area contributed by atoms with E-state index in [1.165, 1.54) is 7.11 Å². The fourth-order valence-electron chi connectivity index (χ4n) is 5.56. The number of hydrogen-bond donors (Lipinski definition) is 1. The molecule has 1 N–H and O–H groups in total. The van der Waals surface area contributed by atoms with E-state index in [9.17, 15) is 14.4 Å². The van der Waals surface area contributed by atoms with Crippen molar-refractivity contribution in [2.45, 2.75) is 71.0 Å². The van der Waals surface area contributed by atoms with Gasteiger partial charge in [-0.2, -0.15) is 0 Å². The zero-order chi connectivity index (χ0) is 28.0. The molecule has 0 unspecified atom stereocenters. The van der Waals surface area contributed by atoms with Crippen molar-refractivity contribution < 1.29 is 23.9 Å². The first-order valence-corrected chi connectivity index (χ1v) is 14.1. The van der Waals surface area contributed by atoms with Crippen LogP contribution in [0.3, 0.4) is 0 Å². The number of hydrogen-bond acceptors (Lipinski definition) is 6. The molecule has 1 spiro atoms. The van der Waals surface area contributed by atoms with E-state index in [2.05, 4.69) is 31.0 Å². The Bertz CT molecular complexity index is 1140. The lowest BCUT2D eigenvalue weighted by Gasteiger charge is -2.52. The Morgan fingerprint density at radius 1 is 1.03 bits per heavy atom. The third-order valence-corrected chi connectivity index (χ3v) is 7.78. The van der Waals surface area contributed by atoms with Gasteiger partial charge in [0.15, 0.2) is 0 Å². The van der Waals surface area contributed by atoms with Crippen LogP contribution in [0.2, 0.25) is 0 Å². The van der Waals surface area contributed by atoms with Crippen molar-refractivity contribution >= 4 is 17.8 Å². The summed E-state index contributed by atoms with van der Waals surface area (Å²) < 4.78 is 10.6. The lowest BCUT2D eigenvalue weighted by molar-refractivity contribution is -0.161. The van der Waals surface area contributed by atoms with Gasteiger partial charge < -0.3 is 19.7 Å². The Labute approximate surface area is 231 Å². The zero-order valence-corrected chi connectivity index (χ0v) is 23.6. The number of methoxy groups -OCH3 is 1. The van der Waals surface area contributed by atoms with Gasteiger partial charge in [0.05, 0.1) is 12.7 Å². The van der Waals surface area contributed by atoms with E-state index < -0.39 is 11.6 Å². The number of carbonyl (C=O) groups is 3. The molecule has 39 heavy (non-hydrogen) atoms. The first-order valence-electron chi connectivity index (χ1n) is 14.1. The SMILES string of the molecule is CCCCN1C(=O)[C@H](CC(C)C)NC(=O)C12CCN(Cc1ccc(Oc3ccc(C(=O)OC)cc3)cc1)CC2. The Morgan fingerprint density at radius 2 is 1.64 bits per heavy atom. The van der Waals surface area contributed by atoms with E-state index in [0.717, 1.165) is 38.0 Å². The third kappa shape index (κ3) is 6.61. The molecule has 8 heteroatoms. The topological polar surface area (TPSA) is 88.2 Å². The molecule has 4 rings (SSSR count). The number of esters is 1. The second-order valence-corrected chi connectivity index (χ2v) is 11.1. The highest BCUT2D eigenvalue weighted by Gasteiger charge is 2.53. The average molecular weight is 536 g/mol. The van der Waals surface area contributed by atoms with Crippen LogP contribution in [0.25, 0.3) is 0 Å². The van der Waals surface area contributed by atoms with Crippen LogP contribution in [-0.2, 0) is 20.9 Å². The van der Waals surface area contributed by atoms with Gasteiger partial charge >= 0.3 is 5.97 Å². The number of nitrogens with zero attached hydrogens (tertiary/aromatic N) is 2. The maximum absolute atomic E-state index is 13.4. The average Bonchev–Trinajstić information content (AvgIpc) is 2.93. The second kappa shape index (κ2) is 12.6. The van der Waals surface area contributed by atoms with E-state index in [-0.39, 0.29) is 17.8 Å². The summed E-state index contributed by atoms with van der Waals surface area (Å²) in [7, 11) is 1.36. The van der Waals surface area contributed by atoms with Crippen LogP contribution in [-0.4, -0.2) is 65.9 Å². The van der Waals surface area contributed by atoms with Crippen molar-refractivity contribution in [2.24, 2.45) is 5.92 Å². The molecule has 2 aromatic rings. The summed E-state index contributed by atoms with van der Waals surface area (Å²) in [5, 5.41) is 3.08. The summed E-state index contributed by atoms with van der Waals surface area (Å²) in [4.78, 5) is 42.8. The summed E-state index contributed by atoms with van der Waals surface area (Å²) in [5.41, 5.74) is 0.892. The van der Waals surface area contributed by atoms with Gasteiger partial charge in [-0.3, -0.25) is 14.5 Å². The van der Waals surface area contributed by atoms with Gasteiger partial charge in [0, 0.05) is 26.2 Å². The molecule has 8 nitrogen and oxygen atoms in total. The minimum Gasteiger partial charge on any atom is -0.465 e. The number of piperazine rings is 1. The number of carbonyl (C=O) groups excluding carboxylic acids is 3. The van der Waals surface area contributed by atoms with Crippen LogP contribution in [0, 0.1) is 5.92 Å². The van der Waals surface area contributed by atoms with Crippen LogP contribution in [0.4, 0.5) is 0 Å². The summed E-state index contributed by atoms with van der Waals surface area (Å²) >= 11 is 0. The van der Waals surface area contributed by atoms with Gasteiger partial charge in [0.1, 0.15) is 23.1 Å². The highest BCUT2D eigenvalue weighted by molar-refractivity contribution is 6.00. The van der Waals surface area contributed by atoms with Crippen molar-refractivity contribution in [3.8, 4) is 11.5 Å². The predicted octanol–water partition coefficient (Wildman–Crippen LogP) is 4.77. The van der Waals surface area contributed by atoms with Crippen LogP contribution in [0.15, 0.2) is 48.5 Å². The molecule has 2 saturated heterocycles. The van der Waals surface area contributed by atoms with Crippen LogP contribution in [0.5, 0.6) is 11.5 Å². The molecular weight excluding hydrogens is 494 g/mol. The van der Waals surface area contributed by atoms with E-state index in [4.69, 9.17) is 9.47 Å². The van der Waals surface area contributed by atoms with Crippen LogP contribution < -0.4 is 10.1 Å². The number of nitrogens with one attached hydrogen (secondary N) is 1. The molecule has 210 valence electrons. The molecule has 0 radical (unpaired) electrons. The Morgan fingerprint density at radius 3 is 2.21 bits per heavy atom. The molecule has 2 aliphatic heterocycles. The lowest BCUT2D eigenvalue weighted by Crippen LogP contribution is -2.73. The van der Waals surface area contributed by atoms with E-state index >= 15 is 0 Å². The Kier molecular flexibility index (Phi) is 9.28. The molecular formula is C31H41N3O5.